The molecule has 0 saturated carbocycles. The molecule has 0 saturated heterocycles. The number of amides is 1. The molecule has 0 unspecified atom stereocenters. The SMILES string of the molecule is CCOC(=O)/C=C/c1ccc(NC(=O)CSc2nc3ccccc3s2)cc1. The van der Waals surface area contributed by atoms with Crippen molar-refractivity contribution in [1.82, 2.24) is 4.98 Å². The van der Waals surface area contributed by atoms with Gasteiger partial charge in [0.05, 0.1) is 22.6 Å². The molecule has 0 aliphatic carbocycles. The summed E-state index contributed by atoms with van der Waals surface area (Å²) in [5.41, 5.74) is 2.51. The number of para-hydroxylation sites is 1. The van der Waals surface area contributed by atoms with Gasteiger partial charge in [0.1, 0.15) is 0 Å². The first-order valence-corrected chi connectivity index (χ1v) is 10.2. The van der Waals surface area contributed by atoms with Crippen LogP contribution in [0, 0.1) is 0 Å². The molecular weight excluding hydrogens is 380 g/mol. The van der Waals surface area contributed by atoms with E-state index in [1.165, 1.54) is 17.8 Å². The minimum atomic E-state index is -0.373. The summed E-state index contributed by atoms with van der Waals surface area (Å²) in [6.07, 6.45) is 3.05. The first kappa shape index (κ1) is 19.1. The van der Waals surface area contributed by atoms with Crippen molar-refractivity contribution in [3.05, 3.63) is 60.2 Å². The van der Waals surface area contributed by atoms with Crippen LogP contribution in [0.4, 0.5) is 5.69 Å². The number of benzene rings is 2. The average Bonchev–Trinajstić information content (AvgIpc) is 3.09. The van der Waals surface area contributed by atoms with Crippen LogP contribution in [0.25, 0.3) is 16.3 Å². The molecule has 0 spiro atoms. The van der Waals surface area contributed by atoms with Gasteiger partial charge in [0.15, 0.2) is 4.34 Å². The maximum Gasteiger partial charge on any atom is 0.330 e. The molecule has 1 amide bonds. The van der Waals surface area contributed by atoms with Gasteiger partial charge in [-0.1, -0.05) is 36.0 Å². The molecule has 0 fully saturated rings. The largest absolute Gasteiger partial charge is 0.463 e. The van der Waals surface area contributed by atoms with E-state index in [0.29, 0.717) is 18.0 Å². The van der Waals surface area contributed by atoms with Gasteiger partial charge in [-0.25, -0.2) is 9.78 Å². The molecule has 0 bridgehead atoms. The van der Waals surface area contributed by atoms with Crippen molar-refractivity contribution < 1.29 is 14.3 Å². The maximum atomic E-state index is 12.1. The predicted molar refractivity (Wildman–Crippen MR) is 111 cm³/mol. The monoisotopic (exact) mass is 398 g/mol. The van der Waals surface area contributed by atoms with Crippen LogP contribution in [0.5, 0.6) is 0 Å². The van der Waals surface area contributed by atoms with Gasteiger partial charge < -0.3 is 10.1 Å². The zero-order chi connectivity index (χ0) is 19.1. The van der Waals surface area contributed by atoms with E-state index < -0.39 is 0 Å². The van der Waals surface area contributed by atoms with E-state index in [0.717, 1.165) is 20.1 Å². The van der Waals surface area contributed by atoms with E-state index >= 15 is 0 Å². The highest BCUT2D eigenvalue weighted by Crippen LogP contribution is 2.29. The second kappa shape index (κ2) is 9.34. The Morgan fingerprint density at radius 2 is 1.96 bits per heavy atom. The van der Waals surface area contributed by atoms with Crippen LogP contribution < -0.4 is 5.32 Å². The van der Waals surface area contributed by atoms with Crippen LogP contribution in [0.1, 0.15) is 12.5 Å². The van der Waals surface area contributed by atoms with Crippen LogP contribution in [-0.2, 0) is 14.3 Å². The van der Waals surface area contributed by atoms with E-state index in [1.807, 2.05) is 36.4 Å². The number of carbonyl (C=O) groups is 2. The Kier molecular flexibility index (Phi) is 6.62. The van der Waals surface area contributed by atoms with Crippen molar-refractivity contribution in [1.29, 1.82) is 0 Å². The van der Waals surface area contributed by atoms with Crippen molar-refractivity contribution in [3.63, 3.8) is 0 Å². The number of anilines is 1. The second-order valence-corrected chi connectivity index (χ2v) is 7.74. The maximum absolute atomic E-state index is 12.1. The number of rotatable bonds is 7. The molecule has 5 nitrogen and oxygen atoms in total. The topological polar surface area (TPSA) is 68.3 Å². The lowest BCUT2D eigenvalue weighted by Gasteiger charge is -2.04. The summed E-state index contributed by atoms with van der Waals surface area (Å²) >= 11 is 3.01. The highest BCUT2D eigenvalue weighted by Gasteiger charge is 2.08. The van der Waals surface area contributed by atoms with Crippen LogP contribution in [0.2, 0.25) is 0 Å². The van der Waals surface area contributed by atoms with Crippen LogP contribution in [0.15, 0.2) is 58.9 Å². The van der Waals surface area contributed by atoms with Gasteiger partial charge in [-0.15, -0.1) is 11.3 Å². The average molecular weight is 399 g/mol. The van der Waals surface area contributed by atoms with Crippen molar-refractivity contribution >= 4 is 57.0 Å². The molecule has 1 heterocycles. The Hall–Kier alpha value is -2.64. The number of hydrogen-bond donors (Lipinski definition) is 1. The molecule has 138 valence electrons. The van der Waals surface area contributed by atoms with Crippen molar-refractivity contribution in [3.8, 4) is 0 Å². The Morgan fingerprint density at radius 1 is 1.19 bits per heavy atom. The summed E-state index contributed by atoms with van der Waals surface area (Å²) in [4.78, 5) is 28.0. The molecule has 27 heavy (non-hydrogen) atoms. The summed E-state index contributed by atoms with van der Waals surface area (Å²) in [5, 5.41) is 2.86. The normalized spacial score (nSPS) is 11.0. The van der Waals surface area contributed by atoms with E-state index in [9.17, 15) is 9.59 Å². The number of fused-ring (bicyclic) bond motifs is 1. The molecule has 0 atom stereocenters. The summed E-state index contributed by atoms with van der Waals surface area (Å²) in [6, 6.07) is 15.2. The number of carbonyl (C=O) groups excluding carboxylic acids is 2. The predicted octanol–water partition coefficient (Wildman–Crippen LogP) is 4.60. The van der Waals surface area contributed by atoms with Gasteiger partial charge in [0.25, 0.3) is 0 Å². The van der Waals surface area contributed by atoms with Crippen LogP contribution in [-0.4, -0.2) is 29.2 Å². The van der Waals surface area contributed by atoms with E-state index in [4.69, 9.17) is 4.74 Å². The van der Waals surface area contributed by atoms with Crippen molar-refractivity contribution in [2.45, 2.75) is 11.3 Å². The number of esters is 1. The van der Waals surface area contributed by atoms with Gasteiger partial charge in [-0.05, 0) is 42.8 Å². The first-order valence-electron chi connectivity index (χ1n) is 8.37. The van der Waals surface area contributed by atoms with E-state index in [1.54, 1.807) is 36.5 Å². The highest BCUT2D eigenvalue weighted by atomic mass is 32.2. The minimum Gasteiger partial charge on any atom is -0.463 e. The molecule has 3 rings (SSSR count). The standard InChI is InChI=1S/C20H18N2O3S2/c1-2-25-19(24)12-9-14-7-10-15(11-8-14)21-18(23)13-26-20-22-16-5-3-4-6-17(16)27-20/h3-12H,2,13H2,1H3,(H,21,23)/b12-9+. The highest BCUT2D eigenvalue weighted by molar-refractivity contribution is 8.01. The number of nitrogens with one attached hydrogen (secondary N) is 1. The van der Waals surface area contributed by atoms with Gasteiger partial charge in [0, 0.05) is 11.8 Å². The minimum absolute atomic E-state index is 0.0888. The lowest BCUT2D eigenvalue weighted by atomic mass is 10.2. The fourth-order valence-corrected chi connectivity index (χ4v) is 4.14. The Bertz CT molecular complexity index is 932. The molecule has 2 aromatic carbocycles. The molecule has 0 radical (unpaired) electrons. The fraction of sp³-hybridized carbons (Fsp3) is 0.150. The summed E-state index contributed by atoms with van der Waals surface area (Å²) in [7, 11) is 0. The number of thioether (sulfide) groups is 1. The fourth-order valence-electron chi connectivity index (χ4n) is 2.27. The number of ether oxygens (including phenoxy) is 1. The van der Waals surface area contributed by atoms with Gasteiger partial charge in [0.2, 0.25) is 5.91 Å². The Balaban J connectivity index is 1.50. The third-order valence-electron chi connectivity index (χ3n) is 3.49. The lowest BCUT2D eigenvalue weighted by Crippen LogP contribution is -2.13. The molecule has 1 aromatic heterocycles. The number of hydrogen-bond acceptors (Lipinski definition) is 6. The molecule has 3 aromatic rings. The van der Waals surface area contributed by atoms with E-state index in [-0.39, 0.29) is 11.9 Å². The number of nitrogens with zero attached hydrogens (tertiary/aromatic N) is 1. The molecule has 0 aliphatic heterocycles. The summed E-state index contributed by atoms with van der Waals surface area (Å²) in [6.45, 7) is 2.11. The zero-order valence-electron chi connectivity index (χ0n) is 14.7. The van der Waals surface area contributed by atoms with Crippen molar-refractivity contribution in [2.24, 2.45) is 0 Å². The quantitative estimate of drug-likeness (QED) is 0.358. The van der Waals surface area contributed by atoms with Crippen molar-refractivity contribution in [2.75, 3.05) is 17.7 Å². The number of thiazole rings is 1. The summed E-state index contributed by atoms with van der Waals surface area (Å²) < 4.78 is 6.83. The number of aromatic nitrogens is 1. The van der Waals surface area contributed by atoms with Gasteiger partial charge in [-0.2, -0.15) is 0 Å². The lowest BCUT2D eigenvalue weighted by molar-refractivity contribution is -0.137. The Labute approximate surface area is 165 Å². The smallest absolute Gasteiger partial charge is 0.330 e. The van der Waals surface area contributed by atoms with Crippen LogP contribution >= 0.6 is 23.1 Å². The van der Waals surface area contributed by atoms with E-state index in [2.05, 4.69) is 10.3 Å². The summed E-state index contributed by atoms with van der Waals surface area (Å²) in [5.74, 6) is -0.166. The first-order chi connectivity index (χ1) is 13.1. The molecular formula is C20H18N2O3S2. The third kappa shape index (κ3) is 5.67. The zero-order valence-corrected chi connectivity index (χ0v) is 16.3. The Morgan fingerprint density at radius 3 is 2.70 bits per heavy atom. The molecule has 1 N–H and O–H groups in total. The molecule has 7 heteroatoms. The second-order valence-electron chi connectivity index (χ2n) is 5.49. The van der Waals surface area contributed by atoms with Gasteiger partial charge in [-0.3, -0.25) is 4.79 Å². The van der Waals surface area contributed by atoms with Gasteiger partial charge >= 0.3 is 5.97 Å². The van der Waals surface area contributed by atoms with Crippen LogP contribution in [0.3, 0.4) is 0 Å². The molecule has 0 aliphatic rings. The third-order valence-corrected chi connectivity index (χ3v) is 5.67.